The van der Waals surface area contributed by atoms with Gasteiger partial charge in [-0.25, -0.2) is 32.6 Å². The molecular formula is C22H28F4N10. The van der Waals surface area contributed by atoms with Crippen LogP contribution in [0.4, 0.5) is 40.8 Å². The smallest absolute Gasteiger partial charge is 0.280 e. The SMILES string of the molecule is CC(C)Nc1nc(N[C@@H]2CCN(C)CC2(F)F)nn2ccc(-c3ccc(N=N)c(NCC(F)F)n3)c12. The second-order valence-corrected chi connectivity index (χ2v) is 9.04. The van der Waals surface area contributed by atoms with Crippen LogP contribution in [0, 0.1) is 5.53 Å². The molecule has 4 rings (SSSR count). The highest BCUT2D eigenvalue weighted by Gasteiger charge is 2.44. The molecule has 3 aromatic rings. The molecule has 0 saturated carbocycles. The van der Waals surface area contributed by atoms with Crippen molar-refractivity contribution in [3.63, 3.8) is 0 Å². The van der Waals surface area contributed by atoms with Gasteiger partial charge in [-0.15, -0.1) is 5.10 Å². The van der Waals surface area contributed by atoms with Gasteiger partial charge in [-0.05, 0) is 45.5 Å². The maximum absolute atomic E-state index is 14.6. The van der Waals surface area contributed by atoms with Crippen LogP contribution in [0.15, 0.2) is 29.5 Å². The number of alkyl halides is 4. The minimum Gasteiger partial charge on any atom is -0.366 e. The summed E-state index contributed by atoms with van der Waals surface area (Å²) >= 11 is 0. The Bertz CT molecular complexity index is 1230. The van der Waals surface area contributed by atoms with Crippen LogP contribution in [0.3, 0.4) is 0 Å². The van der Waals surface area contributed by atoms with E-state index in [-0.39, 0.29) is 36.5 Å². The molecule has 3 aromatic heterocycles. The highest BCUT2D eigenvalue weighted by molar-refractivity contribution is 5.88. The van der Waals surface area contributed by atoms with Crippen molar-refractivity contribution in [1.82, 2.24) is 24.5 Å². The summed E-state index contributed by atoms with van der Waals surface area (Å²) in [6, 6.07) is 3.69. The van der Waals surface area contributed by atoms with Crippen molar-refractivity contribution in [2.24, 2.45) is 5.11 Å². The Morgan fingerprint density at radius 2 is 1.97 bits per heavy atom. The average Bonchev–Trinajstić information content (AvgIpc) is 3.23. The number of pyridine rings is 1. The molecule has 0 amide bonds. The molecule has 4 heterocycles. The summed E-state index contributed by atoms with van der Waals surface area (Å²) in [4.78, 5) is 10.5. The van der Waals surface area contributed by atoms with Gasteiger partial charge in [-0.3, -0.25) is 0 Å². The second kappa shape index (κ2) is 10.2. The largest absolute Gasteiger partial charge is 0.366 e. The van der Waals surface area contributed by atoms with Crippen LogP contribution in [0.2, 0.25) is 0 Å². The van der Waals surface area contributed by atoms with Gasteiger partial charge >= 0.3 is 0 Å². The van der Waals surface area contributed by atoms with Gasteiger partial charge in [-0.2, -0.15) is 10.1 Å². The van der Waals surface area contributed by atoms with Crippen LogP contribution >= 0.6 is 0 Å². The van der Waals surface area contributed by atoms with Crippen molar-refractivity contribution in [3.05, 3.63) is 24.4 Å². The van der Waals surface area contributed by atoms with Crippen molar-refractivity contribution < 1.29 is 17.6 Å². The van der Waals surface area contributed by atoms with Gasteiger partial charge in [0.2, 0.25) is 5.95 Å². The third kappa shape index (κ3) is 5.48. The van der Waals surface area contributed by atoms with E-state index in [9.17, 15) is 17.6 Å². The first-order valence-electron chi connectivity index (χ1n) is 11.5. The summed E-state index contributed by atoms with van der Waals surface area (Å²) in [7, 11) is 1.66. The summed E-state index contributed by atoms with van der Waals surface area (Å²) in [6.45, 7) is 3.35. The zero-order valence-corrected chi connectivity index (χ0v) is 20.1. The van der Waals surface area contributed by atoms with Crippen LogP contribution in [0.25, 0.3) is 16.8 Å². The Labute approximate surface area is 205 Å². The number of piperidine rings is 1. The van der Waals surface area contributed by atoms with E-state index < -0.39 is 24.9 Å². The highest BCUT2D eigenvalue weighted by atomic mass is 19.3. The molecular weight excluding hydrogens is 480 g/mol. The summed E-state index contributed by atoms with van der Waals surface area (Å²) in [5.74, 6) is -2.45. The molecule has 0 spiro atoms. The lowest BCUT2D eigenvalue weighted by atomic mass is 10.0. The third-order valence-electron chi connectivity index (χ3n) is 5.72. The molecule has 0 aromatic carbocycles. The van der Waals surface area contributed by atoms with Crippen molar-refractivity contribution in [2.75, 3.05) is 42.6 Å². The zero-order chi connectivity index (χ0) is 26.0. The fourth-order valence-electron chi connectivity index (χ4n) is 4.11. The van der Waals surface area contributed by atoms with E-state index in [2.05, 4.69) is 36.1 Å². The molecule has 4 N–H and O–H groups in total. The standard InChI is InChI=1S/C22H28F4N10/c1-12(2)29-20-18-13(14-4-5-15(33-27)19(30-14)28-10-17(23)24)6-9-36(18)34-21(32-20)31-16-7-8-35(3)11-22(16,25)26/h4-6,9,12,16-17,27H,7-8,10-11H2,1-3H3,(H,28,30)(H2,29,31,32,34)/t16-/m1/s1. The Morgan fingerprint density at radius 1 is 1.19 bits per heavy atom. The zero-order valence-electron chi connectivity index (χ0n) is 20.1. The minimum atomic E-state index is -2.95. The Hall–Kier alpha value is -3.55. The van der Waals surface area contributed by atoms with Gasteiger partial charge in [0.25, 0.3) is 12.3 Å². The van der Waals surface area contributed by atoms with Crippen LogP contribution in [-0.4, -0.2) is 75.6 Å². The summed E-state index contributed by atoms with van der Waals surface area (Å²) in [6.07, 6.45) is -0.727. The van der Waals surface area contributed by atoms with Gasteiger partial charge in [-0.1, -0.05) is 0 Å². The maximum Gasteiger partial charge on any atom is 0.280 e. The molecule has 14 heteroatoms. The number of hydrogen-bond acceptors (Lipinski definition) is 9. The van der Waals surface area contributed by atoms with Crippen LogP contribution in [0.1, 0.15) is 20.3 Å². The van der Waals surface area contributed by atoms with Gasteiger partial charge in [0.05, 0.1) is 24.8 Å². The van der Waals surface area contributed by atoms with Gasteiger partial charge in [0.15, 0.2) is 11.6 Å². The molecule has 0 radical (unpaired) electrons. The number of aromatic nitrogens is 4. The Kier molecular flexibility index (Phi) is 7.24. The predicted molar refractivity (Wildman–Crippen MR) is 129 cm³/mol. The molecule has 1 saturated heterocycles. The van der Waals surface area contributed by atoms with Crippen LogP contribution < -0.4 is 16.0 Å². The van der Waals surface area contributed by atoms with Crippen molar-refractivity contribution in [3.8, 4) is 11.3 Å². The number of nitrogens with one attached hydrogen (secondary N) is 4. The fraction of sp³-hybridized carbons (Fsp3) is 0.500. The van der Waals surface area contributed by atoms with E-state index >= 15 is 0 Å². The van der Waals surface area contributed by atoms with Crippen molar-refractivity contribution in [2.45, 2.75) is 44.7 Å². The van der Waals surface area contributed by atoms with E-state index in [1.807, 2.05) is 13.8 Å². The first-order chi connectivity index (χ1) is 17.1. The monoisotopic (exact) mass is 508 g/mol. The number of halogens is 4. The number of nitrogens with zero attached hydrogens (tertiary/aromatic N) is 6. The number of hydrogen-bond donors (Lipinski definition) is 4. The Balaban J connectivity index is 1.74. The molecule has 194 valence electrons. The number of rotatable bonds is 9. The first kappa shape index (κ1) is 25.5. The normalized spacial score (nSPS) is 18.1. The molecule has 1 aliphatic rings. The molecule has 0 aliphatic carbocycles. The molecule has 36 heavy (non-hydrogen) atoms. The molecule has 10 nitrogen and oxygen atoms in total. The van der Waals surface area contributed by atoms with Crippen molar-refractivity contribution in [1.29, 1.82) is 5.53 Å². The summed E-state index contributed by atoms with van der Waals surface area (Å²) < 4.78 is 56.2. The predicted octanol–water partition coefficient (Wildman–Crippen LogP) is 4.70. The lowest BCUT2D eigenvalue weighted by Gasteiger charge is -2.36. The third-order valence-corrected chi connectivity index (χ3v) is 5.72. The first-order valence-corrected chi connectivity index (χ1v) is 11.5. The lowest BCUT2D eigenvalue weighted by molar-refractivity contribution is -0.0675. The van der Waals surface area contributed by atoms with Gasteiger partial charge < -0.3 is 20.9 Å². The molecule has 0 unspecified atom stereocenters. The maximum atomic E-state index is 14.6. The van der Waals surface area contributed by atoms with E-state index in [4.69, 9.17) is 5.53 Å². The van der Waals surface area contributed by atoms with Gasteiger partial charge in [0, 0.05) is 24.3 Å². The highest BCUT2D eigenvalue weighted by Crippen LogP contribution is 2.34. The number of anilines is 3. The fourth-order valence-corrected chi connectivity index (χ4v) is 4.11. The van der Waals surface area contributed by atoms with E-state index in [0.29, 0.717) is 29.1 Å². The van der Waals surface area contributed by atoms with E-state index in [1.54, 1.807) is 30.3 Å². The summed E-state index contributed by atoms with van der Waals surface area (Å²) in [5.41, 5.74) is 8.94. The van der Waals surface area contributed by atoms with Crippen LogP contribution in [0.5, 0.6) is 0 Å². The van der Waals surface area contributed by atoms with Crippen molar-refractivity contribution >= 4 is 28.8 Å². The lowest BCUT2D eigenvalue weighted by Crippen LogP contribution is -2.53. The van der Waals surface area contributed by atoms with E-state index in [1.165, 1.54) is 10.6 Å². The average molecular weight is 509 g/mol. The molecule has 1 atom stereocenters. The summed E-state index contributed by atoms with van der Waals surface area (Å²) in [5, 5.41) is 16.3. The number of likely N-dealkylation sites (tertiary alicyclic amines) is 1. The second-order valence-electron chi connectivity index (χ2n) is 9.04. The quantitative estimate of drug-likeness (QED) is 0.244. The number of fused-ring (bicyclic) bond motifs is 1. The van der Waals surface area contributed by atoms with Gasteiger partial charge in [0.1, 0.15) is 11.2 Å². The molecule has 0 bridgehead atoms. The topological polar surface area (TPSA) is 119 Å². The Morgan fingerprint density at radius 3 is 2.64 bits per heavy atom. The molecule has 1 aliphatic heterocycles. The minimum absolute atomic E-state index is 0.0372. The van der Waals surface area contributed by atoms with Crippen LogP contribution in [-0.2, 0) is 0 Å². The van der Waals surface area contributed by atoms with E-state index in [0.717, 1.165) is 0 Å². The molecule has 1 fully saturated rings.